The molecule has 2 aliphatic rings. The smallest absolute Gasteiger partial charge is 0.222 e. The molecule has 1 fully saturated rings. The van der Waals surface area contributed by atoms with Gasteiger partial charge in [-0.1, -0.05) is 31.2 Å². The molecule has 6 nitrogen and oxygen atoms in total. The van der Waals surface area contributed by atoms with Crippen LogP contribution in [-0.2, 0) is 17.8 Å². The molecule has 0 unspecified atom stereocenters. The van der Waals surface area contributed by atoms with E-state index >= 15 is 0 Å². The van der Waals surface area contributed by atoms with Gasteiger partial charge in [-0.15, -0.1) is 0 Å². The number of carbonyl (C=O) groups is 1. The highest BCUT2D eigenvalue weighted by atomic mass is 16.2. The summed E-state index contributed by atoms with van der Waals surface area (Å²) in [5.41, 5.74) is 2.67. The van der Waals surface area contributed by atoms with Crippen LogP contribution in [0.2, 0.25) is 0 Å². The second-order valence-corrected chi connectivity index (χ2v) is 8.46. The fraction of sp³-hybridized carbons (Fsp3) is 0.667. The average molecular weight is 414 g/mol. The van der Waals surface area contributed by atoms with Gasteiger partial charge < -0.3 is 20.4 Å². The summed E-state index contributed by atoms with van der Waals surface area (Å²) in [4.78, 5) is 21.9. The van der Waals surface area contributed by atoms with E-state index in [4.69, 9.17) is 4.99 Å². The quantitative estimate of drug-likeness (QED) is 0.391. The molecule has 2 aliphatic heterocycles. The number of piperidine rings is 1. The van der Waals surface area contributed by atoms with Gasteiger partial charge in [0, 0.05) is 51.7 Å². The van der Waals surface area contributed by atoms with Gasteiger partial charge in [0.25, 0.3) is 0 Å². The molecule has 0 aliphatic carbocycles. The number of guanidine groups is 1. The summed E-state index contributed by atoms with van der Waals surface area (Å²) in [5, 5.41) is 6.96. The van der Waals surface area contributed by atoms with Crippen molar-refractivity contribution in [2.75, 3.05) is 39.3 Å². The lowest BCUT2D eigenvalue weighted by Crippen LogP contribution is -2.48. The molecule has 1 aromatic rings. The van der Waals surface area contributed by atoms with Gasteiger partial charge in [-0.05, 0) is 56.7 Å². The molecule has 1 amide bonds. The SMILES string of the molecule is CCCN1CCC(NC(=NCCCC(=O)N2CCc3ccccc3C2)NCC)CC1. The molecular weight excluding hydrogens is 374 g/mol. The number of fused-ring (bicyclic) bond motifs is 1. The molecule has 0 aromatic heterocycles. The van der Waals surface area contributed by atoms with Gasteiger partial charge in [-0.2, -0.15) is 0 Å². The molecule has 0 atom stereocenters. The van der Waals surface area contributed by atoms with Crippen molar-refractivity contribution in [2.45, 2.75) is 65.0 Å². The first-order valence-corrected chi connectivity index (χ1v) is 11.8. The number of benzene rings is 1. The maximum absolute atomic E-state index is 12.6. The molecular formula is C24H39N5O. The van der Waals surface area contributed by atoms with Crippen LogP contribution in [0, 0.1) is 0 Å². The summed E-state index contributed by atoms with van der Waals surface area (Å²) < 4.78 is 0. The molecule has 0 saturated carbocycles. The molecule has 2 N–H and O–H groups in total. The summed E-state index contributed by atoms with van der Waals surface area (Å²) in [5.74, 6) is 1.15. The Hall–Kier alpha value is -2.08. The lowest BCUT2D eigenvalue weighted by atomic mass is 9.99. The lowest BCUT2D eigenvalue weighted by molar-refractivity contribution is -0.132. The van der Waals surface area contributed by atoms with Crippen molar-refractivity contribution in [3.63, 3.8) is 0 Å². The van der Waals surface area contributed by atoms with Crippen LogP contribution in [0.1, 0.15) is 57.1 Å². The minimum atomic E-state index is 0.251. The fourth-order valence-electron chi connectivity index (χ4n) is 4.42. The van der Waals surface area contributed by atoms with Gasteiger partial charge in [-0.3, -0.25) is 9.79 Å². The lowest BCUT2D eigenvalue weighted by Gasteiger charge is -2.32. The maximum atomic E-state index is 12.6. The molecule has 166 valence electrons. The maximum Gasteiger partial charge on any atom is 0.222 e. The zero-order valence-electron chi connectivity index (χ0n) is 18.8. The number of hydrogen-bond acceptors (Lipinski definition) is 3. The molecule has 1 saturated heterocycles. The summed E-state index contributed by atoms with van der Waals surface area (Å²) >= 11 is 0. The zero-order valence-corrected chi connectivity index (χ0v) is 18.8. The van der Waals surface area contributed by atoms with Crippen LogP contribution in [0.25, 0.3) is 0 Å². The molecule has 3 rings (SSSR count). The highest BCUT2D eigenvalue weighted by Gasteiger charge is 2.20. The molecule has 1 aromatic carbocycles. The predicted molar refractivity (Wildman–Crippen MR) is 124 cm³/mol. The molecule has 0 spiro atoms. The van der Waals surface area contributed by atoms with E-state index in [0.29, 0.717) is 19.0 Å². The number of aliphatic imine (C=N–C) groups is 1. The summed E-state index contributed by atoms with van der Waals surface area (Å²) in [6.45, 7) is 11.0. The minimum Gasteiger partial charge on any atom is -0.357 e. The van der Waals surface area contributed by atoms with Crippen LogP contribution in [0.5, 0.6) is 0 Å². The second kappa shape index (κ2) is 11.9. The summed E-state index contributed by atoms with van der Waals surface area (Å²) in [6, 6.07) is 8.95. The Balaban J connectivity index is 1.40. The highest BCUT2D eigenvalue weighted by Crippen LogP contribution is 2.19. The number of nitrogens with one attached hydrogen (secondary N) is 2. The number of amides is 1. The molecule has 6 heteroatoms. The highest BCUT2D eigenvalue weighted by molar-refractivity contribution is 5.80. The Bertz CT molecular complexity index is 697. The Morgan fingerprint density at radius 1 is 1.13 bits per heavy atom. The zero-order chi connectivity index (χ0) is 21.2. The van der Waals surface area contributed by atoms with E-state index in [2.05, 4.69) is 53.6 Å². The largest absolute Gasteiger partial charge is 0.357 e. The van der Waals surface area contributed by atoms with E-state index in [9.17, 15) is 4.79 Å². The van der Waals surface area contributed by atoms with Gasteiger partial charge in [0.15, 0.2) is 5.96 Å². The monoisotopic (exact) mass is 413 g/mol. The van der Waals surface area contributed by atoms with Crippen LogP contribution in [0.3, 0.4) is 0 Å². The number of rotatable bonds is 8. The van der Waals surface area contributed by atoms with Crippen molar-refractivity contribution in [3.05, 3.63) is 35.4 Å². The Morgan fingerprint density at radius 3 is 2.63 bits per heavy atom. The van der Waals surface area contributed by atoms with Gasteiger partial charge >= 0.3 is 0 Å². The van der Waals surface area contributed by atoms with Crippen LogP contribution >= 0.6 is 0 Å². The number of nitrogens with zero attached hydrogens (tertiary/aromatic N) is 3. The normalized spacial score (nSPS) is 18.2. The van der Waals surface area contributed by atoms with Crippen molar-refractivity contribution in [3.8, 4) is 0 Å². The molecule has 30 heavy (non-hydrogen) atoms. The van der Waals surface area contributed by atoms with E-state index in [0.717, 1.165) is 38.4 Å². The Kier molecular flexibility index (Phi) is 9.00. The van der Waals surface area contributed by atoms with E-state index < -0.39 is 0 Å². The van der Waals surface area contributed by atoms with Crippen molar-refractivity contribution in [1.29, 1.82) is 0 Å². The minimum absolute atomic E-state index is 0.251. The summed E-state index contributed by atoms with van der Waals surface area (Å²) in [6.07, 6.45) is 5.89. The van der Waals surface area contributed by atoms with Crippen LogP contribution in [-0.4, -0.2) is 67.0 Å². The average Bonchev–Trinajstić information content (AvgIpc) is 2.77. The Labute approximate surface area is 182 Å². The number of carbonyl (C=O) groups excluding carboxylic acids is 1. The third kappa shape index (κ3) is 6.73. The molecule has 0 radical (unpaired) electrons. The van der Waals surface area contributed by atoms with Crippen LogP contribution in [0.15, 0.2) is 29.3 Å². The predicted octanol–water partition coefficient (Wildman–Crippen LogP) is 2.78. The van der Waals surface area contributed by atoms with Crippen molar-refractivity contribution in [1.82, 2.24) is 20.4 Å². The molecule has 0 bridgehead atoms. The second-order valence-electron chi connectivity index (χ2n) is 8.46. The van der Waals surface area contributed by atoms with Gasteiger partial charge in [0.2, 0.25) is 5.91 Å². The number of likely N-dealkylation sites (tertiary alicyclic amines) is 1. The van der Waals surface area contributed by atoms with Gasteiger partial charge in [0.1, 0.15) is 0 Å². The number of hydrogen-bond donors (Lipinski definition) is 2. The summed E-state index contributed by atoms with van der Waals surface area (Å²) in [7, 11) is 0. The van der Waals surface area contributed by atoms with Crippen LogP contribution in [0.4, 0.5) is 0 Å². The first-order valence-electron chi connectivity index (χ1n) is 11.8. The van der Waals surface area contributed by atoms with Crippen molar-refractivity contribution < 1.29 is 4.79 Å². The third-order valence-electron chi connectivity index (χ3n) is 6.11. The van der Waals surface area contributed by atoms with E-state index in [1.54, 1.807) is 0 Å². The van der Waals surface area contributed by atoms with Crippen LogP contribution < -0.4 is 10.6 Å². The first-order chi connectivity index (χ1) is 14.7. The van der Waals surface area contributed by atoms with Gasteiger partial charge in [0.05, 0.1) is 0 Å². The van der Waals surface area contributed by atoms with E-state index in [1.165, 1.54) is 50.0 Å². The van der Waals surface area contributed by atoms with Crippen molar-refractivity contribution in [2.24, 2.45) is 4.99 Å². The molecule has 2 heterocycles. The fourth-order valence-corrected chi connectivity index (χ4v) is 4.42. The van der Waals surface area contributed by atoms with Crippen molar-refractivity contribution >= 4 is 11.9 Å². The van der Waals surface area contributed by atoms with E-state index in [-0.39, 0.29) is 5.91 Å². The third-order valence-corrected chi connectivity index (χ3v) is 6.11. The standard InChI is InChI=1S/C24H39N5O/c1-3-15-28-16-12-22(13-17-28)27-24(25-4-2)26-14-7-10-23(30)29-18-11-20-8-5-6-9-21(20)19-29/h5-6,8-9,22H,3-4,7,10-19H2,1-2H3,(H2,25,26,27). The first kappa shape index (κ1) is 22.6. The van der Waals surface area contributed by atoms with Gasteiger partial charge in [-0.25, -0.2) is 0 Å². The topological polar surface area (TPSA) is 60.0 Å². The van der Waals surface area contributed by atoms with E-state index in [1.807, 2.05) is 4.90 Å². The Morgan fingerprint density at radius 2 is 1.90 bits per heavy atom.